The zero-order chi connectivity index (χ0) is 22.3. The summed E-state index contributed by atoms with van der Waals surface area (Å²) in [5, 5.41) is 3.09. The zero-order valence-corrected chi connectivity index (χ0v) is 18.3. The average molecular weight is 429 g/mol. The Labute approximate surface area is 189 Å². The fourth-order valence-corrected chi connectivity index (χ4v) is 4.16. The van der Waals surface area contributed by atoms with Gasteiger partial charge in [0.05, 0.1) is 13.2 Å². The molecule has 5 heteroatoms. The van der Waals surface area contributed by atoms with Crippen molar-refractivity contribution >= 4 is 11.7 Å². The number of nitrogens with one attached hydrogen (secondary N) is 1. The van der Waals surface area contributed by atoms with Crippen LogP contribution in [0.1, 0.15) is 50.7 Å². The van der Waals surface area contributed by atoms with E-state index >= 15 is 0 Å². The molecule has 1 aliphatic heterocycles. The van der Waals surface area contributed by atoms with Gasteiger partial charge in [0, 0.05) is 23.2 Å². The predicted molar refractivity (Wildman–Crippen MR) is 125 cm³/mol. The van der Waals surface area contributed by atoms with E-state index in [0.717, 1.165) is 24.4 Å². The van der Waals surface area contributed by atoms with Crippen LogP contribution in [0.3, 0.4) is 0 Å². The molecule has 1 saturated heterocycles. The van der Waals surface area contributed by atoms with Crippen molar-refractivity contribution in [2.75, 3.05) is 26.7 Å². The number of ether oxygens (including phenoxy) is 1. The van der Waals surface area contributed by atoms with Crippen molar-refractivity contribution in [3.63, 3.8) is 0 Å². The topological polar surface area (TPSA) is 58.6 Å². The maximum absolute atomic E-state index is 12.8. The van der Waals surface area contributed by atoms with Crippen LogP contribution in [-0.2, 0) is 0 Å². The molecule has 0 saturated carbocycles. The number of benzene rings is 3. The predicted octanol–water partition coefficient (Wildman–Crippen LogP) is 4.49. The van der Waals surface area contributed by atoms with Crippen molar-refractivity contribution in [1.82, 2.24) is 10.2 Å². The third-order valence-corrected chi connectivity index (χ3v) is 5.98. The molecule has 4 rings (SSSR count). The van der Waals surface area contributed by atoms with Gasteiger partial charge < -0.3 is 10.1 Å². The Morgan fingerprint density at radius 2 is 1.44 bits per heavy atom. The molecule has 0 spiro atoms. The molecule has 3 aromatic carbocycles. The monoisotopic (exact) mass is 428 g/mol. The first-order chi connectivity index (χ1) is 15.7. The van der Waals surface area contributed by atoms with Crippen LogP contribution < -0.4 is 10.1 Å². The summed E-state index contributed by atoms with van der Waals surface area (Å²) in [6.07, 6.45) is 2.36. The molecule has 164 valence electrons. The number of nitrogens with zero attached hydrogens (tertiary/aromatic N) is 1. The zero-order valence-electron chi connectivity index (χ0n) is 18.3. The summed E-state index contributed by atoms with van der Waals surface area (Å²) in [6.45, 7) is 2.58. The van der Waals surface area contributed by atoms with Crippen molar-refractivity contribution in [3.8, 4) is 5.75 Å². The van der Waals surface area contributed by atoms with E-state index in [0.29, 0.717) is 23.2 Å². The van der Waals surface area contributed by atoms with E-state index in [4.69, 9.17) is 4.74 Å². The average Bonchev–Trinajstić information content (AvgIpc) is 3.39. The molecule has 0 aliphatic carbocycles. The fourth-order valence-electron chi connectivity index (χ4n) is 4.16. The highest BCUT2D eigenvalue weighted by Crippen LogP contribution is 2.26. The van der Waals surface area contributed by atoms with Crippen LogP contribution in [0.2, 0.25) is 0 Å². The second kappa shape index (κ2) is 10.2. The van der Waals surface area contributed by atoms with Crippen LogP contribution >= 0.6 is 0 Å². The summed E-state index contributed by atoms with van der Waals surface area (Å²) >= 11 is 0. The number of carbonyl (C=O) groups excluding carboxylic acids is 2. The van der Waals surface area contributed by atoms with Crippen molar-refractivity contribution in [3.05, 3.63) is 101 Å². The second-order valence-electron chi connectivity index (χ2n) is 8.01. The van der Waals surface area contributed by atoms with Crippen LogP contribution in [0.15, 0.2) is 78.9 Å². The van der Waals surface area contributed by atoms with E-state index in [9.17, 15) is 9.59 Å². The maximum atomic E-state index is 12.8. The van der Waals surface area contributed by atoms with Gasteiger partial charge in [-0.1, -0.05) is 54.6 Å². The molecule has 5 nitrogen and oxygen atoms in total. The van der Waals surface area contributed by atoms with Gasteiger partial charge in [-0.15, -0.1) is 0 Å². The first-order valence-corrected chi connectivity index (χ1v) is 11.0. The quantitative estimate of drug-likeness (QED) is 0.537. The number of rotatable bonds is 8. The van der Waals surface area contributed by atoms with Crippen LogP contribution in [0.5, 0.6) is 5.75 Å². The molecule has 1 aliphatic rings. The van der Waals surface area contributed by atoms with Gasteiger partial charge >= 0.3 is 0 Å². The number of methoxy groups -OCH3 is 1. The lowest BCUT2D eigenvalue weighted by molar-refractivity contribution is 0.0936. The standard InChI is InChI=1S/C27H28N2O3/c1-32-24-15-13-20(14-16-24)25(29-17-5-6-18-29)19-28-27(31)23-11-9-22(10-12-23)26(30)21-7-3-2-4-8-21/h2-4,7-16,25H,5-6,17-19H2,1H3,(H,28,31). The highest BCUT2D eigenvalue weighted by molar-refractivity contribution is 6.09. The Balaban J connectivity index is 1.43. The highest BCUT2D eigenvalue weighted by Gasteiger charge is 2.24. The van der Waals surface area contributed by atoms with Crippen LogP contribution in [-0.4, -0.2) is 43.3 Å². The van der Waals surface area contributed by atoms with Gasteiger partial charge in [-0.25, -0.2) is 0 Å². The molecule has 0 aromatic heterocycles. The Kier molecular flexibility index (Phi) is 6.97. The lowest BCUT2D eigenvalue weighted by Gasteiger charge is -2.28. The summed E-state index contributed by atoms with van der Waals surface area (Å²) in [6, 6.07) is 24.2. The van der Waals surface area contributed by atoms with E-state index in [1.54, 1.807) is 43.5 Å². The molecule has 32 heavy (non-hydrogen) atoms. The van der Waals surface area contributed by atoms with Crippen molar-refractivity contribution in [2.45, 2.75) is 18.9 Å². The lowest BCUT2D eigenvalue weighted by Crippen LogP contribution is -2.36. The smallest absolute Gasteiger partial charge is 0.251 e. The molecule has 1 unspecified atom stereocenters. The summed E-state index contributed by atoms with van der Waals surface area (Å²) in [5.74, 6) is 0.635. The Bertz CT molecular complexity index is 1040. The number of ketones is 1. The van der Waals surface area contributed by atoms with Crippen LogP contribution in [0, 0.1) is 0 Å². The summed E-state index contributed by atoms with van der Waals surface area (Å²) in [4.78, 5) is 27.8. The minimum Gasteiger partial charge on any atom is -0.497 e. The molecule has 1 fully saturated rings. The molecule has 1 heterocycles. The van der Waals surface area contributed by atoms with E-state index in [-0.39, 0.29) is 17.7 Å². The minimum atomic E-state index is -0.138. The van der Waals surface area contributed by atoms with Gasteiger partial charge in [0.2, 0.25) is 0 Å². The molecule has 3 aromatic rings. The molecule has 0 radical (unpaired) electrons. The largest absolute Gasteiger partial charge is 0.497 e. The Morgan fingerprint density at radius 3 is 2.06 bits per heavy atom. The molecular weight excluding hydrogens is 400 g/mol. The molecule has 1 atom stereocenters. The Morgan fingerprint density at radius 1 is 0.844 bits per heavy atom. The maximum Gasteiger partial charge on any atom is 0.251 e. The third kappa shape index (κ3) is 5.06. The van der Waals surface area contributed by atoms with Crippen molar-refractivity contribution in [1.29, 1.82) is 0 Å². The van der Waals surface area contributed by atoms with E-state index in [1.807, 2.05) is 30.3 Å². The van der Waals surface area contributed by atoms with E-state index < -0.39 is 0 Å². The second-order valence-corrected chi connectivity index (χ2v) is 8.01. The van der Waals surface area contributed by atoms with Gasteiger partial charge in [-0.2, -0.15) is 0 Å². The van der Waals surface area contributed by atoms with Crippen LogP contribution in [0.25, 0.3) is 0 Å². The normalized spacial score (nSPS) is 14.7. The Hall–Kier alpha value is -3.44. The van der Waals surface area contributed by atoms with Crippen LogP contribution in [0.4, 0.5) is 0 Å². The first-order valence-electron chi connectivity index (χ1n) is 11.0. The van der Waals surface area contributed by atoms with Crippen molar-refractivity contribution in [2.24, 2.45) is 0 Å². The number of carbonyl (C=O) groups is 2. The molecule has 1 N–H and O–H groups in total. The minimum absolute atomic E-state index is 0.0499. The fraction of sp³-hybridized carbons (Fsp3) is 0.259. The molecule has 1 amide bonds. The number of amides is 1. The van der Waals surface area contributed by atoms with Gasteiger partial charge in [0.25, 0.3) is 5.91 Å². The van der Waals surface area contributed by atoms with Gasteiger partial charge in [0.15, 0.2) is 5.78 Å². The van der Waals surface area contributed by atoms with Gasteiger partial charge in [-0.3, -0.25) is 14.5 Å². The molecule has 0 bridgehead atoms. The third-order valence-electron chi connectivity index (χ3n) is 5.98. The lowest BCUT2D eigenvalue weighted by atomic mass is 10.0. The summed E-state index contributed by atoms with van der Waals surface area (Å²) in [5.41, 5.74) is 2.92. The SMILES string of the molecule is COc1ccc(C(CNC(=O)c2ccc(C(=O)c3ccccc3)cc2)N2CCCC2)cc1. The molecular formula is C27H28N2O3. The summed E-state index contributed by atoms with van der Waals surface area (Å²) < 4.78 is 5.28. The van der Waals surface area contributed by atoms with E-state index in [2.05, 4.69) is 22.3 Å². The number of likely N-dealkylation sites (tertiary alicyclic amines) is 1. The first kappa shape index (κ1) is 21.8. The number of hydrogen-bond donors (Lipinski definition) is 1. The van der Waals surface area contributed by atoms with Gasteiger partial charge in [0.1, 0.15) is 5.75 Å². The van der Waals surface area contributed by atoms with Gasteiger partial charge in [-0.05, 0) is 55.8 Å². The van der Waals surface area contributed by atoms with Crippen molar-refractivity contribution < 1.29 is 14.3 Å². The number of hydrogen-bond acceptors (Lipinski definition) is 4. The highest BCUT2D eigenvalue weighted by atomic mass is 16.5. The van der Waals surface area contributed by atoms with E-state index in [1.165, 1.54) is 12.8 Å². The summed E-state index contributed by atoms with van der Waals surface area (Å²) in [7, 11) is 1.66.